The summed E-state index contributed by atoms with van der Waals surface area (Å²) in [7, 11) is 0. The summed E-state index contributed by atoms with van der Waals surface area (Å²) < 4.78 is 5.97. The number of ether oxygens (including phenoxy) is 1. The maximum atomic E-state index is 10.8. The van der Waals surface area contributed by atoms with Gasteiger partial charge in [-0.2, -0.15) is 0 Å². The van der Waals surface area contributed by atoms with E-state index >= 15 is 0 Å². The van der Waals surface area contributed by atoms with Gasteiger partial charge in [0.1, 0.15) is 11.9 Å². The van der Waals surface area contributed by atoms with Crippen molar-refractivity contribution in [2.75, 3.05) is 18.0 Å². The Balaban J connectivity index is 1.67. The molecule has 6 heteroatoms. The summed E-state index contributed by atoms with van der Waals surface area (Å²) in [6, 6.07) is 12.9. The summed E-state index contributed by atoms with van der Waals surface area (Å²) >= 11 is 6.12. The maximum absolute atomic E-state index is 10.8. The number of halogens is 1. The van der Waals surface area contributed by atoms with Crippen LogP contribution in [0.2, 0.25) is 5.02 Å². The number of benzene rings is 2. The second-order valence-electron chi connectivity index (χ2n) is 6.60. The number of hydrogen-bond acceptors (Lipinski definition) is 4. The van der Waals surface area contributed by atoms with Gasteiger partial charge in [0.2, 0.25) is 0 Å². The minimum absolute atomic E-state index is 0.0154. The van der Waals surface area contributed by atoms with Crippen LogP contribution in [0.5, 0.6) is 5.75 Å². The predicted molar refractivity (Wildman–Crippen MR) is 99.9 cm³/mol. The van der Waals surface area contributed by atoms with E-state index in [1.165, 1.54) is 23.4 Å². The van der Waals surface area contributed by atoms with Crippen molar-refractivity contribution in [3.63, 3.8) is 0 Å². The Kier molecular flexibility index (Phi) is 5.13. The largest absolute Gasteiger partial charge is 0.487 e. The molecule has 1 heterocycles. The van der Waals surface area contributed by atoms with Crippen LogP contribution in [0.1, 0.15) is 31.7 Å². The van der Waals surface area contributed by atoms with E-state index < -0.39 is 4.92 Å². The molecule has 1 aliphatic rings. The molecule has 0 bridgehead atoms. The number of anilines is 1. The Morgan fingerprint density at radius 2 is 2.08 bits per heavy atom. The highest BCUT2D eigenvalue weighted by Gasteiger charge is 2.25. The van der Waals surface area contributed by atoms with Gasteiger partial charge < -0.3 is 9.64 Å². The zero-order chi connectivity index (χ0) is 18.0. The molecule has 0 unspecified atom stereocenters. The quantitative estimate of drug-likeness (QED) is 0.554. The zero-order valence-corrected chi connectivity index (χ0v) is 15.1. The molecule has 132 valence electrons. The average molecular weight is 361 g/mol. The molecule has 1 aliphatic heterocycles. The van der Waals surface area contributed by atoms with Crippen LogP contribution in [-0.4, -0.2) is 24.1 Å². The van der Waals surface area contributed by atoms with Crippen molar-refractivity contribution in [3.05, 3.63) is 63.2 Å². The van der Waals surface area contributed by atoms with Crippen LogP contribution in [0.3, 0.4) is 0 Å². The molecule has 3 rings (SSSR count). The van der Waals surface area contributed by atoms with E-state index in [-0.39, 0.29) is 16.8 Å². The normalized spacial score (nSPS) is 17.1. The molecule has 1 fully saturated rings. The lowest BCUT2D eigenvalue weighted by Crippen LogP contribution is -2.24. The molecule has 0 spiro atoms. The fourth-order valence-electron chi connectivity index (χ4n) is 3.02. The topological polar surface area (TPSA) is 55.6 Å². The minimum atomic E-state index is -0.464. The van der Waals surface area contributed by atoms with Gasteiger partial charge in [0.15, 0.2) is 0 Å². The van der Waals surface area contributed by atoms with Crippen LogP contribution >= 0.6 is 11.6 Å². The predicted octanol–water partition coefficient (Wildman–Crippen LogP) is 5.03. The highest BCUT2D eigenvalue weighted by Crippen LogP contribution is 2.32. The molecule has 5 nitrogen and oxygen atoms in total. The Morgan fingerprint density at radius 1 is 1.28 bits per heavy atom. The molecule has 0 N–H and O–H groups in total. The average Bonchev–Trinajstić information content (AvgIpc) is 3.05. The van der Waals surface area contributed by atoms with E-state index in [0.29, 0.717) is 11.7 Å². The molecular weight excluding hydrogens is 340 g/mol. The van der Waals surface area contributed by atoms with E-state index in [1.807, 2.05) is 0 Å². The second kappa shape index (κ2) is 7.31. The van der Waals surface area contributed by atoms with E-state index in [0.717, 1.165) is 19.5 Å². The van der Waals surface area contributed by atoms with E-state index in [9.17, 15) is 10.1 Å². The third-order valence-corrected chi connectivity index (χ3v) is 4.76. The number of nitrogens with zero attached hydrogens (tertiary/aromatic N) is 2. The van der Waals surface area contributed by atoms with Crippen LogP contribution < -0.4 is 9.64 Å². The van der Waals surface area contributed by atoms with Crippen LogP contribution in [-0.2, 0) is 0 Å². The smallest absolute Gasteiger partial charge is 0.271 e. The molecule has 2 aromatic carbocycles. The van der Waals surface area contributed by atoms with Crippen LogP contribution in [0, 0.1) is 10.1 Å². The minimum Gasteiger partial charge on any atom is -0.487 e. The molecule has 2 aromatic rings. The van der Waals surface area contributed by atoms with Crippen molar-refractivity contribution in [2.24, 2.45) is 0 Å². The second-order valence-corrected chi connectivity index (χ2v) is 7.00. The summed E-state index contributed by atoms with van der Waals surface area (Å²) in [6.45, 7) is 6.06. The zero-order valence-electron chi connectivity index (χ0n) is 14.3. The van der Waals surface area contributed by atoms with Gasteiger partial charge >= 0.3 is 0 Å². The van der Waals surface area contributed by atoms with Crippen molar-refractivity contribution < 1.29 is 9.66 Å². The van der Waals surface area contributed by atoms with Crippen molar-refractivity contribution in [1.82, 2.24) is 0 Å². The fraction of sp³-hybridized carbons (Fsp3) is 0.368. The van der Waals surface area contributed by atoms with E-state index in [1.54, 1.807) is 6.07 Å². The standard InChI is InChI=1S/C19H21ClN2O3/c1-13(2)14-4-3-5-15(10-14)21-9-8-17(12-21)25-19-7-6-16(22(23)24)11-18(19)20/h3-7,10-11,13,17H,8-9,12H2,1-2H3/t17-/m0/s1. The van der Waals surface area contributed by atoms with Crippen molar-refractivity contribution >= 4 is 23.0 Å². The van der Waals surface area contributed by atoms with Crippen molar-refractivity contribution in [1.29, 1.82) is 0 Å². The summed E-state index contributed by atoms with van der Waals surface area (Å²) in [5.74, 6) is 0.989. The van der Waals surface area contributed by atoms with Gasteiger partial charge in [-0.25, -0.2) is 0 Å². The number of nitro groups is 1. The van der Waals surface area contributed by atoms with Gasteiger partial charge in [-0.1, -0.05) is 37.6 Å². The molecule has 1 saturated heterocycles. The Bertz CT molecular complexity index is 779. The maximum Gasteiger partial charge on any atom is 0.271 e. The summed E-state index contributed by atoms with van der Waals surface area (Å²) in [6.07, 6.45) is 0.904. The molecule has 0 saturated carbocycles. The van der Waals surface area contributed by atoms with Gasteiger partial charge in [-0.3, -0.25) is 10.1 Å². The van der Waals surface area contributed by atoms with Gasteiger partial charge in [0.05, 0.1) is 16.5 Å². The molecule has 1 atom stereocenters. The Hall–Kier alpha value is -2.27. The van der Waals surface area contributed by atoms with Gasteiger partial charge in [0, 0.05) is 30.8 Å². The SMILES string of the molecule is CC(C)c1cccc(N2CC[C@H](Oc3ccc([N+](=O)[O-])cc3Cl)C2)c1. The van der Waals surface area contributed by atoms with Gasteiger partial charge in [-0.15, -0.1) is 0 Å². The number of non-ortho nitro benzene ring substituents is 1. The first kappa shape index (κ1) is 17.5. The molecule has 0 aromatic heterocycles. The Labute approximate surface area is 152 Å². The summed E-state index contributed by atoms with van der Waals surface area (Å²) in [5.41, 5.74) is 2.49. The monoisotopic (exact) mass is 360 g/mol. The van der Waals surface area contributed by atoms with E-state index in [4.69, 9.17) is 16.3 Å². The fourth-order valence-corrected chi connectivity index (χ4v) is 3.24. The lowest BCUT2D eigenvalue weighted by atomic mass is 10.0. The lowest BCUT2D eigenvalue weighted by Gasteiger charge is -2.20. The van der Waals surface area contributed by atoms with E-state index in [2.05, 4.69) is 43.0 Å². The molecule has 0 radical (unpaired) electrons. The summed E-state index contributed by atoms with van der Waals surface area (Å²) in [5, 5.41) is 11.1. The molecule has 25 heavy (non-hydrogen) atoms. The van der Waals surface area contributed by atoms with Crippen molar-refractivity contribution in [3.8, 4) is 5.75 Å². The number of rotatable bonds is 5. The lowest BCUT2D eigenvalue weighted by molar-refractivity contribution is -0.384. The molecular formula is C19H21ClN2O3. The van der Waals surface area contributed by atoms with Crippen LogP contribution in [0.25, 0.3) is 0 Å². The highest BCUT2D eigenvalue weighted by atomic mass is 35.5. The van der Waals surface area contributed by atoms with Crippen LogP contribution in [0.4, 0.5) is 11.4 Å². The Morgan fingerprint density at radius 3 is 2.76 bits per heavy atom. The first-order valence-electron chi connectivity index (χ1n) is 8.39. The molecule has 0 amide bonds. The summed E-state index contributed by atoms with van der Waals surface area (Å²) in [4.78, 5) is 12.6. The first-order valence-corrected chi connectivity index (χ1v) is 8.77. The van der Waals surface area contributed by atoms with Gasteiger partial charge in [-0.05, 0) is 29.7 Å². The number of nitro benzene ring substituents is 1. The van der Waals surface area contributed by atoms with Gasteiger partial charge in [0.25, 0.3) is 5.69 Å². The highest BCUT2D eigenvalue weighted by molar-refractivity contribution is 6.32. The third-order valence-electron chi connectivity index (χ3n) is 4.47. The van der Waals surface area contributed by atoms with Crippen LogP contribution in [0.15, 0.2) is 42.5 Å². The van der Waals surface area contributed by atoms with Crippen molar-refractivity contribution in [2.45, 2.75) is 32.3 Å². The third kappa shape index (κ3) is 4.04. The molecule has 0 aliphatic carbocycles. The first-order chi connectivity index (χ1) is 11.9. The number of hydrogen-bond donors (Lipinski definition) is 0.